The van der Waals surface area contributed by atoms with Crippen molar-refractivity contribution in [1.82, 2.24) is 4.31 Å². The second-order valence-corrected chi connectivity index (χ2v) is 10.1. The molecule has 2 aromatic carbocycles. The average Bonchev–Trinajstić information content (AvgIpc) is 3.39. The van der Waals surface area contributed by atoms with Gasteiger partial charge in [0.25, 0.3) is 5.91 Å². The highest BCUT2D eigenvalue weighted by molar-refractivity contribution is 7.89. The van der Waals surface area contributed by atoms with Gasteiger partial charge in [0.15, 0.2) is 6.61 Å². The Morgan fingerprint density at radius 1 is 1.13 bits per heavy atom. The quantitative estimate of drug-likeness (QED) is 0.637. The molecule has 7 nitrogen and oxygen atoms in total. The SMILES string of the molecule is C[C@H]1Cc2ccccc2N1C(=O)COC(=O)c1ccc(Cl)c(S(=O)(=O)N2CCCC2)c1. The summed E-state index contributed by atoms with van der Waals surface area (Å²) in [7, 11) is -3.79. The van der Waals surface area contributed by atoms with Crippen molar-refractivity contribution in [1.29, 1.82) is 0 Å². The fraction of sp³-hybridized carbons (Fsp3) is 0.364. The molecule has 0 aliphatic carbocycles. The highest BCUT2D eigenvalue weighted by Gasteiger charge is 2.32. The molecular weight excluding hydrogens is 440 g/mol. The Hall–Kier alpha value is -2.42. The van der Waals surface area contributed by atoms with Crippen LogP contribution in [-0.2, 0) is 26.0 Å². The number of carbonyl (C=O) groups is 2. The van der Waals surface area contributed by atoms with E-state index in [-0.39, 0.29) is 27.4 Å². The summed E-state index contributed by atoms with van der Waals surface area (Å²) in [6.45, 7) is 2.36. The highest BCUT2D eigenvalue weighted by Crippen LogP contribution is 2.32. The smallest absolute Gasteiger partial charge is 0.338 e. The van der Waals surface area contributed by atoms with E-state index in [4.69, 9.17) is 16.3 Å². The normalized spacial score (nSPS) is 18.8. The number of amides is 1. The Morgan fingerprint density at radius 3 is 2.58 bits per heavy atom. The van der Waals surface area contributed by atoms with Crippen LogP contribution in [0, 0.1) is 0 Å². The van der Waals surface area contributed by atoms with Crippen LogP contribution in [0.15, 0.2) is 47.4 Å². The third-order valence-corrected chi connectivity index (χ3v) is 8.03. The molecule has 31 heavy (non-hydrogen) atoms. The number of benzene rings is 2. The van der Waals surface area contributed by atoms with Crippen LogP contribution in [0.1, 0.15) is 35.7 Å². The van der Waals surface area contributed by atoms with Crippen LogP contribution in [0.4, 0.5) is 5.69 Å². The van der Waals surface area contributed by atoms with E-state index in [0.717, 1.165) is 30.5 Å². The van der Waals surface area contributed by atoms with Crippen molar-refractivity contribution in [3.8, 4) is 0 Å². The minimum atomic E-state index is -3.79. The highest BCUT2D eigenvalue weighted by atomic mass is 35.5. The summed E-state index contributed by atoms with van der Waals surface area (Å²) in [6.07, 6.45) is 2.32. The maximum absolute atomic E-state index is 12.9. The number of hydrogen-bond donors (Lipinski definition) is 0. The van der Waals surface area contributed by atoms with Crippen molar-refractivity contribution in [2.75, 3.05) is 24.6 Å². The third kappa shape index (κ3) is 4.20. The lowest BCUT2D eigenvalue weighted by Gasteiger charge is -2.22. The average molecular weight is 463 g/mol. The van der Waals surface area contributed by atoms with Gasteiger partial charge in [-0.3, -0.25) is 4.79 Å². The summed E-state index contributed by atoms with van der Waals surface area (Å²) in [5, 5.41) is 0.0435. The van der Waals surface area contributed by atoms with E-state index in [2.05, 4.69) is 0 Å². The lowest BCUT2D eigenvalue weighted by atomic mass is 10.1. The van der Waals surface area contributed by atoms with Gasteiger partial charge < -0.3 is 9.64 Å². The number of fused-ring (bicyclic) bond motifs is 1. The van der Waals surface area contributed by atoms with Crippen LogP contribution >= 0.6 is 11.6 Å². The van der Waals surface area contributed by atoms with E-state index in [1.807, 2.05) is 31.2 Å². The first-order chi connectivity index (χ1) is 14.8. The number of esters is 1. The molecule has 0 saturated carbocycles. The second kappa shape index (κ2) is 8.61. The maximum Gasteiger partial charge on any atom is 0.338 e. The van der Waals surface area contributed by atoms with Gasteiger partial charge in [-0.05, 0) is 56.0 Å². The lowest BCUT2D eigenvalue weighted by molar-refractivity contribution is -0.122. The topological polar surface area (TPSA) is 84.0 Å². The number of anilines is 1. The summed E-state index contributed by atoms with van der Waals surface area (Å²) in [5.74, 6) is -1.10. The van der Waals surface area contributed by atoms with E-state index in [9.17, 15) is 18.0 Å². The first kappa shape index (κ1) is 21.8. The minimum Gasteiger partial charge on any atom is -0.452 e. The Bertz CT molecular complexity index is 1130. The number of hydrogen-bond acceptors (Lipinski definition) is 5. The number of halogens is 1. The molecule has 2 aliphatic heterocycles. The van der Waals surface area contributed by atoms with Crippen LogP contribution < -0.4 is 4.90 Å². The molecule has 2 aliphatic rings. The molecule has 164 valence electrons. The number of para-hydroxylation sites is 1. The summed E-state index contributed by atoms with van der Waals surface area (Å²) in [4.78, 5) is 26.8. The van der Waals surface area contributed by atoms with E-state index in [1.54, 1.807) is 4.90 Å². The van der Waals surface area contributed by atoms with Crippen molar-refractivity contribution in [3.63, 3.8) is 0 Å². The largest absolute Gasteiger partial charge is 0.452 e. The number of nitrogens with zero attached hydrogens (tertiary/aromatic N) is 2. The molecule has 0 N–H and O–H groups in total. The summed E-state index contributed by atoms with van der Waals surface area (Å²) in [6, 6.07) is 11.6. The van der Waals surface area contributed by atoms with Gasteiger partial charge in [-0.2, -0.15) is 4.31 Å². The molecule has 0 radical (unpaired) electrons. The van der Waals surface area contributed by atoms with Crippen LogP contribution in [0.2, 0.25) is 5.02 Å². The monoisotopic (exact) mass is 462 g/mol. The Morgan fingerprint density at radius 2 is 1.84 bits per heavy atom. The second-order valence-electron chi connectivity index (χ2n) is 7.78. The standard InChI is InChI=1S/C22H23ClN2O5S/c1-15-12-16-6-2-3-7-19(16)25(15)21(26)14-30-22(27)17-8-9-18(23)20(13-17)31(28,29)24-10-4-5-11-24/h2-3,6-9,13,15H,4-5,10-12,14H2,1H3/t15-/m0/s1. The molecular formula is C22H23ClN2O5S. The van der Waals surface area contributed by atoms with Gasteiger partial charge in [0.1, 0.15) is 4.90 Å². The Balaban J connectivity index is 1.48. The van der Waals surface area contributed by atoms with Crippen molar-refractivity contribution in [3.05, 3.63) is 58.6 Å². The van der Waals surface area contributed by atoms with Crippen molar-refractivity contribution in [2.45, 2.75) is 37.1 Å². The minimum absolute atomic E-state index is 0.0312. The number of carbonyl (C=O) groups excluding carboxylic acids is 2. The first-order valence-corrected chi connectivity index (χ1v) is 12.0. The van der Waals surface area contributed by atoms with Gasteiger partial charge in [0.2, 0.25) is 10.0 Å². The zero-order valence-electron chi connectivity index (χ0n) is 17.1. The van der Waals surface area contributed by atoms with E-state index < -0.39 is 22.6 Å². The predicted molar refractivity (Wildman–Crippen MR) is 117 cm³/mol. The van der Waals surface area contributed by atoms with E-state index in [1.165, 1.54) is 22.5 Å². The molecule has 0 spiro atoms. The van der Waals surface area contributed by atoms with Gasteiger partial charge in [-0.25, -0.2) is 13.2 Å². The Kier molecular flexibility index (Phi) is 6.05. The van der Waals surface area contributed by atoms with Gasteiger partial charge in [-0.1, -0.05) is 29.8 Å². The number of rotatable bonds is 5. The van der Waals surface area contributed by atoms with Gasteiger partial charge in [0.05, 0.1) is 10.6 Å². The molecule has 0 unspecified atom stereocenters. The van der Waals surface area contributed by atoms with Crippen LogP contribution in [0.5, 0.6) is 0 Å². The molecule has 2 heterocycles. The molecule has 4 rings (SSSR count). The molecule has 1 atom stereocenters. The maximum atomic E-state index is 12.9. The van der Waals surface area contributed by atoms with Crippen molar-refractivity contribution in [2.24, 2.45) is 0 Å². The van der Waals surface area contributed by atoms with Crippen molar-refractivity contribution >= 4 is 39.2 Å². The number of sulfonamides is 1. The molecule has 1 fully saturated rings. The molecule has 9 heteroatoms. The van der Waals surface area contributed by atoms with Crippen LogP contribution in [-0.4, -0.2) is 50.3 Å². The Labute approximate surface area is 186 Å². The van der Waals surface area contributed by atoms with Crippen LogP contribution in [0.25, 0.3) is 0 Å². The molecule has 0 aromatic heterocycles. The van der Waals surface area contributed by atoms with Crippen LogP contribution in [0.3, 0.4) is 0 Å². The lowest BCUT2D eigenvalue weighted by Crippen LogP contribution is -2.38. The molecule has 0 bridgehead atoms. The fourth-order valence-corrected chi connectivity index (χ4v) is 6.14. The first-order valence-electron chi connectivity index (χ1n) is 10.2. The summed E-state index contributed by atoms with van der Waals surface area (Å²) < 4.78 is 32.3. The van der Waals surface area contributed by atoms with Gasteiger partial charge in [0, 0.05) is 24.8 Å². The predicted octanol–water partition coefficient (Wildman–Crippen LogP) is 3.26. The molecule has 2 aromatic rings. The van der Waals surface area contributed by atoms with Gasteiger partial charge >= 0.3 is 5.97 Å². The molecule has 1 amide bonds. The van der Waals surface area contributed by atoms with Gasteiger partial charge in [-0.15, -0.1) is 0 Å². The zero-order chi connectivity index (χ0) is 22.2. The van der Waals surface area contributed by atoms with E-state index in [0.29, 0.717) is 13.1 Å². The third-order valence-electron chi connectivity index (χ3n) is 5.65. The van der Waals surface area contributed by atoms with Crippen molar-refractivity contribution < 1.29 is 22.7 Å². The summed E-state index contributed by atoms with van der Waals surface area (Å²) >= 11 is 6.12. The summed E-state index contributed by atoms with van der Waals surface area (Å²) in [5.41, 5.74) is 1.93. The molecule has 1 saturated heterocycles. The zero-order valence-corrected chi connectivity index (χ0v) is 18.7. The number of ether oxygens (including phenoxy) is 1. The van der Waals surface area contributed by atoms with E-state index >= 15 is 0 Å². The fourth-order valence-electron chi connectivity index (χ4n) is 4.12.